The number of benzene rings is 1. The number of para-hydroxylation sites is 1. The maximum atomic E-state index is 14.1. The molecule has 0 aromatic heterocycles. The monoisotopic (exact) mass is 438 g/mol. The lowest BCUT2D eigenvalue weighted by Crippen LogP contribution is -2.54. The van der Waals surface area contributed by atoms with Crippen molar-refractivity contribution in [1.29, 1.82) is 0 Å². The van der Waals surface area contributed by atoms with Crippen molar-refractivity contribution in [3.05, 3.63) is 29.8 Å². The van der Waals surface area contributed by atoms with Gasteiger partial charge in [0.05, 0.1) is 18.4 Å². The molecule has 0 N–H and O–H groups in total. The zero-order valence-electron chi connectivity index (χ0n) is 18.7. The molecule has 5 rings (SSSR count). The Morgan fingerprint density at radius 3 is 2.41 bits per heavy atom. The summed E-state index contributed by atoms with van der Waals surface area (Å²) in [6, 6.07) is 5.97. The Bertz CT molecular complexity index is 982. The number of nitrogens with zero attached hydrogens (tertiary/aromatic N) is 2. The van der Waals surface area contributed by atoms with Gasteiger partial charge in [-0.2, -0.15) is 0 Å². The molecule has 7 nitrogen and oxygen atoms in total. The molecule has 4 atom stereocenters. The topological polar surface area (TPSA) is 84.0 Å². The highest BCUT2D eigenvalue weighted by Gasteiger charge is 2.77. The number of amides is 2. The van der Waals surface area contributed by atoms with Crippen molar-refractivity contribution in [2.45, 2.75) is 88.9 Å². The average Bonchev–Trinajstić information content (AvgIpc) is 3.14. The third kappa shape index (κ3) is 2.93. The highest BCUT2D eigenvalue weighted by atomic mass is 16.6. The van der Waals surface area contributed by atoms with Crippen LogP contribution in [0.25, 0.3) is 0 Å². The molecule has 3 heterocycles. The van der Waals surface area contributed by atoms with E-state index >= 15 is 0 Å². The largest absolute Gasteiger partial charge is 0.453 e. The standard InChI is InChI=1S/C25H30N2O5/c1-15-9-7-8-12-19(15)27-22-24(31)26(17-10-5-3-4-6-11-17)20(13-16(2)28)25(22)18(23(27)30)14-21(29)32-25/h7-9,12,17-18,20,22H,3-6,10-11,13-14H2,1-2H3/t18-,20+,22+,25+/m1/s1. The van der Waals surface area contributed by atoms with Crippen LogP contribution in [0, 0.1) is 12.8 Å². The minimum Gasteiger partial charge on any atom is -0.453 e. The molecule has 3 aliphatic heterocycles. The summed E-state index contributed by atoms with van der Waals surface area (Å²) in [4.78, 5) is 56.1. The minimum atomic E-state index is -1.30. The number of Topliss-reactive ketones (excluding diaryl/α,β-unsaturated/α-hetero) is 1. The summed E-state index contributed by atoms with van der Waals surface area (Å²) in [7, 11) is 0. The number of ether oxygens (including phenoxy) is 1. The van der Waals surface area contributed by atoms with Gasteiger partial charge in [-0.3, -0.25) is 24.1 Å². The Hall–Kier alpha value is -2.70. The number of anilines is 1. The molecular formula is C25H30N2O5. The van der Waals surface area contributed by atoms with E-state index in [0.717, 1.165) is 44.1 Å². The predicted octanol–water partition coefficient (Wildman–Crippen LogP) is 2.92. The van der Waals surface area contributed by atoms with Crippen LogP contribution in [0.2, 0.25) is 0 Å². The van der Waals surface area contributed by atoms with Crippen molar-refractivity contribution in [3.8, 4) is 0 Å². The van der Waals surface area contributed by atoms with E-state index in [1.165, 1.54) is 6.92 Å². The summed E-state index contributed by atoms with van der Waals surface area (Å²) < 4.78 is 5.98. The van der Waals surface area contributed by atoms with Crippen LogP contribution in [0.15, 0.2) is 24.3 Å². The number of carbonyl (C=O) groups is 4. The third-order valence-electron chi connectivity index (χ3n) is 7.85. The summed E-state index contributed by atoms with van der Waals surface area (Å²) in [5, 5.41) is 0. The van der Waals surface area contributed by atoms with Gasteiger partial charge in [-0.15, -0.1) is 0 Å². The molecule has 7 heteroatoms. The van der Waals surface area contributed by atoms with Crippen molar-refractivity contribution in [3.63, 3.8) is 0 Å². The van der Waals surface area contributed by atoms with Crippen molar-refractivity contribution in [1.82, 2.24) is 4.90 Å². The molecule has 4 aliphatic rings. The van der Waals surface area contributed by atoms with Gasteiger partial charge in [0.1, 0.15) is 5.78 Å². The van der Waals surface area contributed by atoms with Gasteiger partial charge in [-0.05, 0) is 38.3 Å². The number of carbonyl (C=O) groups excluding carboxylic acids is 4. The quantitative estimate of drug-likeness (QED) is 0.533. The molecule has 0 unspecified atom stereocenters. The van der Waals surface area contributed by atoms with Gasteiger partial charge in [-0.25, -0.2) is 0 Å². The Morgan fingerprint density at radius 2 is 1.75 bits per heavy atom. The van der Waals surface area contributed by atoms with Gasteiger partial charge in [0.15, 0.2) is 11.6 Å². The number of aryl methyl sites for hydroxylation is 1. The highest BCUT2D eigenvalue weighted by Crippen LogP contribution is 2.56. The molecule has 1 spiro atoms. The van der Waals surface area contributed by atoms with E-state index in [9.17, 15) is 19.2 Å². The number of hydrogen-bond acceptors (Lipinski definition) is 5. The first kappa shape index (κ1) is 21.2. The van der Waals surface area contributed by atoms with Crippen LogP contribution in [0.1, 0.15) is 63.9 Å². The van der Waals surface area contributed by atoms with E-state index in [-0.39, 0.29) is 36.5 Å². The summed E-state index contributed by atoms with van der Waals surface area (Å²) in [5.41, 5.74) is 0.252. The predicted molar refractivity (Wildman–Crippen MR) is 117 cm³/mol. The summed E-state index contributed by atoms with van der Waals surface area (Å²) >= 11 is 0. The van der Waals surface area contributed by atoms with Crippen LogP contribution in [0.5, 0.6) is 0 Å². The fraction of sp³-hybridized carbons (Fsp3) is 0.600. The molecule has 4 fully saturated rings. The van der Waals surface area contributed by atoms with E-state index in [4.69, 9.17) is 4.74 Å². The van der Waals surface area contributed by atoms with Crippen LogP contribution in [-0.2, 0) is 23.9 Å². The maximum absolute atomic E-state index is 14.1. The highest BCUT2D eigenvalue weighted by molar-refractivity contribution is 6.12. The minimum absolute atomic E-state index is 0.00287. The number of rotatable bonds is 4. The van der Waals surface area contributed by atoms with Gasteiger partial charge >= 0.3 is 5.97 Å². The number of ketones is 1. The van der Waals surface area contributed by atoms with Crippen molar-refractivity contribution in [2.24, 2.45) is 5.92 Å². The molecule has 1 saturated carbocycles. The molecule has 0 radical (unpaired) electrons. The summed E-state index contributed by atoms with van der Waals surface area (Å²) in [6.45, 7) is 3.41. The smallest absolute Gasteiger partial charge is 0.307 e. The van der Waals surface area contributed by atoms with Gasteiger partial charge in [0.25, 0.3) is 5.91 Å². The molecule has 1 aliphatic carbocycles. The second-order valence-electron chi connectivity index (χ2n) is 9.79. The lowest BCUT2D eigenvalue weighted by atomic mass is 9.79. The molecule has 1 aromatic carbocycles. The Balaban J connectivity index is 1.66. The van der Waals surface area contributed by atoms with Crippen LogP contribution < -0.4 is 4.90 Å². The number of esters is 1. The fourth-order valence-corrected chi connectivity index (χ4v) is 6.55. The van der Waals surface area contributed by atoms with Crippen molar-refractivity contribution < 1.29 is 23.9 Å². The second kappa shape index (κ2) is 7.71. The van der Waals surface area contributed by atoms with E-state index in [1.54, 1.807) is 4.90 Å². The van der Waals surface area contributed by atoms with E-state index in [1.807, 2.05) is 36.1 Å². The first-order valence-electron chi connectivity index (χ1n) is 11.8. The Morgan fingerprint density at radius 1 is 1.06 bits per heavy atom. The lowest BCUT2D eigenvalue weighted by Gasteiger charge is -2.38. The van der Waals surface area contributed by atoms with Crippen molar-refractivity contribution in [2.75, 3.05) is 4.90 Å². The second-order valence-corrected chi connectivity index (χ2v) is 9.79. The van der Waals surface area contributed by atoms with Gasteiger partial charge in [-0.1, -0.05) is 43.9 Å². The molecule has 1 aromatic rings. The SMILES string of the molecule is CC(=O)C[C@@H]1N(C2CCCCCC2)C(=O)[C@@H]2N(c3ccccc3C)C(=O)[C@H]3CC(=O)O[C@]321. The lowest BCUT2D eigenvalue weighted by molar-refractivity contribution is -0.153. The summed E-state index contributed by atoms with van der Waals surface area (Å²) in [6.07, 6.45) is 6.13. The normalized spacial score (nSPS) is 32.7. The van der Waals surface area contributed by atoms with Crippen LogP contribution in [-0.4, -0.2) is 52.2 Å². The Kier molecular flexibility index (Phi) is 5.10. The third-order valence-corrected chi connectivity index (χ3v) is 7.85. The van der Waals surface area contributed by atoms with Crippen LogP contribution >= 0.6 is 0 Å². The molecule has 0 bridgehead atoms. The van der Waals surface area contributed by atoms with Gasteiger partial charge < -0.3 is 9.64 Å². The van der Waals surface area contributed by atoms with E-state index in [0.29, 0.717) is 5.69 Å². The maximum Gasteiger partial charge on any atom is 0.307 e. The molecule has 170 valence electrons. The van der Waals surface area contributed by atoms with Crippen LogP contribution in [0.4, 0.5) is 5.69 Å². The van der Waals surface area contributed by atoms with Gasteiger partial charge in [0.2, 0.25) is 5.91 Å². The van der Waals surface area contributed by atoms with Crippen molar-refractivity contribution >= 4 is 29.3 Å². The zero-order valence-corrected chi connectivity index (χ0v) is 18.7. The Labute approximate surface area is 188 Å². The summed E-state index contributed by atoms with van der Waals surface area (Å²) in [5.74, 6) is -1.71. The molecule has 32 heavy (non-hydrogen) atoms. The van der Waals surface area contributed by atoms with E-state index < -0.39 is 29.6 Å². The van der Waals surface area contributed by atoms with E-state index in [2.05, 4.69) is 0 Å². The van der Waals surface area contributed by atoms with Gasteiger partial charge in [0, 0.05) is 18.2 Å². The molecule has 2 amide bonds. The number of likely N-dealkylation sites (tertiary alicyclic amines) is 1. The zero-order chi connectivity index (χ0) is 22.6. The van der Waals surface area contributed by atoms with Crippen LogP contribution in [0.3, 0.4) is 0 Å². The number of hydrogen-bond donors (Lipinski definition) is 0. The first-order chi connectivity index (χ1) is 15.4. The molecular weight excluding hydrogens is 408 g/mol. The first-order valence-corrected chi connectivity index (χ1v) is 11.8. The molecule has 3 saturated heterocycles. The average molecular weight is 439 g/mol. The fourth-order valence-electron chi connectivity index (χ4n) is 6.55.